The molecule has 2 heterocycles. The Morgan fingerprint density at radius 2 is 2.08 bits per heavy atom. The lowest BCUT2D eigenvalue weighted by Crippen LogP contribution is -2.27. The van der Waals surface area contributed by atoms with E-state index in [0.29, 0.717) is 30.8 Å². The first-order valence-corrected chi connectivity index (χ1v) is 9.50. The van der Waals surface area contributed by atoms with Gasteiger partial charge in [-0.15, -0.1) is 0 Å². The number of hydrogen-bond donors (Lipinski definition) is 1. The molecule has 1 aliphatic rings. The summed E-state index contributed by atoms with van der Waals surface area (Å²) in [6.45, 7) is 2.74. The molecule has 0 saturated carbocycles. The highest BCUT2D eigenvalue weighted by molar-refractivity contribution is 7.92. The lowest BCUT2D eigenvalue weighted by molar-refractivity contribution is 0.0951. The third-order valence-corrected chi connectivity index (χ3v) is 5.20. The van der Waals surface area contributed by atoms with Crippen LogP contribution >= 0.6 is 0 Å². The van der Waals surface area contributed by atoms with Crippen LogP contribution in [0.2, 0.25) is 0 Å². The summed E-state index contributed by atoms with van der Waals surface area (Å²) in [5.41, 5.74) is 3.93. The fourth-order valence-corrected chi connectivity index (χ4v) is 3.70. The lowest BCUT2D eigenvalue weighted by atomic mass is 10.1. The van der Waals surface area contributed by atoms with Crippen LogP contribution in [0, 0.1) is 6.92 Å². The zero-order chi connectivity index (χ0) is 17.3. The van der Waals surface area contributed by atoms with Gasteiger partial charge in [-0.1, -0.05) is 6.07 Å². The van der Waals surface area contributed by atoms with E-state index in [2.05, 4.69) is 10.3 Å². The first kappa shape index (κ1) is 16.4. The predicted octanol–water partition coefficient (Wildman–Crippen LogP) is 1.64. The molecule has 0 bridgehead atoms. The number of hydrogen-bond acceptors (Lipinski definition) is 4. The molecule has 0 spiro atoms. The van der Waals surface area contributed by atoms with E-state index in [1.54, 1.807) is 24.4 Å². The largest absolute Gasteiger partial charge is 0.348 e. The number of carbonyl (C=O) groups excluding carboxylic acids is 1. The fourth-order valence-electron chi connectivity index (χ4n) is 2.74. The van der Waals surface area contributed by atoms with Crippen molar-refractivity contribution in [2.24, 2.45) is 0 Å². The zero-order valence-corrected chi connectivity index (χ0v) is 14.4. The van der Waals surface area contributed by atoms with E-state index < -0.39 is 10.0 Å². The minimum Gasteiger partial charge on any atom is -0.348 e. The molecule has 0 atom stereocenters. The van der Waals surface area contributed by atoms with Crippen molar-refractivity contribution in [2.75, 3.05) is 17.1 Å². The predicted molar refractivity (Wildman–Crippen MR) is 92.5 cm³/mol. The van der Waals surface area contributed by atoms with Crippen LogP contribution in [0.1, 0.15) is 27.2 Å². The second-order valence-corrected chi connectivity index (χ2v) is 7.83. The number of nitrogens with one attached hydrogen (secondary N) is 1. The molecule has 0 fully saturated rings. The molecule has 1 aromatic carbocycles. The molecule has 6 nitrogen and oxygen atoms in total. The van der Waals surface area contributed by atoms with Crippen LogP contribution in [0.15, 0.2) is 36.5 Å². The summed E-state index contributed by atoms with van der Waals surface area (Å²) < 4.78 is 24.9. The summed E-state index contributed by atoms with van der Waals surface area (Å²) in [5, 5.41) is 2.86. The minimum absolute atomic E-state index is 0.184. The minimum atomic E-state index is -3.27. The molecule has 3 rings (SSSR count). The Hall–Kier alpha value is -2.41. The Kier molecular flexibility index (Phi) is 4.28. The maximum atomic E-state index is 12.3. The number of benzene rings is 1. The van der Waals surface area contributed by atoms with E-state index >= 15 is 0 Å². The Bertz CT molecular complexity index is 876. The summed E-state index contributed by atoms with van der Waals surface area (Å²) in [7, 11) is -3.27. The first-order chi connectivity index (χ1) is 11.3. The van der Waals surface area contributed by atoms with Crippen molar-refractivity contribution < 1.29 is 13.2 Å². The number of nitrogens with zero attached hydrogens (tertiary/aromatic N) is 2. The summed E-state index contributed by atoms with van der Waals surface area (Å²) in [6, 6.07) is 8.95. The van der Waals surface area contributed by atoms with E-state index in [0.717, 1.165) is 16.8 Å². The van der Waals surface area contributed by atoms with Gasteiger partial charge in [0.1, 0.15) is 0 Å². The number of aromatic nitrogens is 1. The SMILES string of the molecule is Cc1ccc(CNC(=O)c2ccc3c(c2)CCN3S(C)(=O)=O)cn1. The van der Waals surface area contributed by atoms with Crippen molar-refractivity contribution in [1.29, 1.82) is 0 Å². The molecule has 0 radical (unpaired) electrons. The van der Waals surface area contributed by atoms with Crippen LogP contribution in [0.5, 0.6) is 0 Å². The van der Waals surface area contributed by atoms with Crippen LogP contribution in [0.25, 0.3) is 0 Å². The molecule has 0 saturated heterocycles. The van der Waals surface area contributed by atoms with Gasteiger partial charge in [0, 0.05) is 30.5 Å². The highest BCUT2D eigenvalue weighted by Gasteiger charge is 2.26. The van der Waals surface area contributed by atoms with Crippen molar-refractivity contribution in [3.63, 3.8) is 0 Å². The third-order valence-electron chi connectivity index (χ3n) is 4.02. The maximum Gasteiger partial charge on any atom is 0.251 e. The Balaban J connectivity index is 1.72. The monoisotopic (exact) mass is 345 g/mol. The van der Waals surface area contributed by atoms with Gasteiger partial charge in [-0.05, 0) is 48.7 Å². The molecule has 1 amide bonds. The molecule has 7 heteroatoms. The zero-order valence-electron chi connectivity index (χ0n) is 13.6. The van der Waals surface area contributed by atoms with Crippen LogP contribution in [0.3, 0.4) is 0 Å². The van der Waals surface area contributed by atoms with Gasteiger partial charge in [0.25, 0.3) is 5.91 Å². The van der Waals surface area contributed by atoms with Crippen molar-refractivity contribution in [2.45, 2.75) is 19.9 Å². The van der Waals surface area contributed by atoms with E-state index in [9.17, 15) is 13.2 Å². The molecule has 0 aliphatic carbocycles. The Labute approximate surface area is 141 Å². The Morgan fingerprint density at radius 3 is 2.75 bits per heavy atom. The average molecular weight is 345 g/mol. The number of anilines is 1. The molecule has 0 unspecified atom stereocenters. The van der Waals surface area contributed by atoms with Crippen molar-refractivity contribution in [3.8, 4) is 0 Å². The van der Waals surface area contributed by atoms with Gasteiger partial charge >= 0.3 is 0 Å². The lowest BCUT2D eigenvalue weighted by Gasteiger charge is -2.16. The third kappa shape index (κ3) is 3.41. The van der Waals surface area contributed by atoms with Gasteiger partial charge in [-0.2, -0.15) is 0 Å². The van der Waals surface area contributed by atoms with E-state index in [4.69, 9.17) is 0 Å². The quantitative estimate of drug-likeness (QED) is 0.914. The van der Waals surface area contributed by atoms with E-state index in [1.165, 1.54) is 10.6 Å². The summed E-state index contributed by atoms with van der Waals surface area (Å²) >= 11 is 0. The van der Waals surface area contributed by atoms with E-state index in [1.807, 2.05) is 19.1 Å². The normalized spacial score (nSPS) is 13.7. The maximum absolute atomic E-state index is 12.3. The average Bonchev–Trinajstić information content (AvgIpc) is 2.97. The van der Waals surface area contributed by atoms with Gasteiger partial charge in [-0.25, -0.2) is 8.42 Å². The van der Waals surface area contributed by atoms with Gasteiger partial charge < -0.3 is 5.32 Å². The molecule has 1 N–H and O–H groups in total. The standard InChI is InChI=1S/C17H19N3O3S/c1-12-3-4-13(10-18-12)11-19-17(21)15-5-6-16-14(9-15)7-8-20(16)24(2,22)23/h3-6,9-10H,7-8,11H2,1-2H3,(H,19,21). The van der Waals surface area contributed by atoms with Crippen LogP contribution in [-0.4, -0.2) is 32.1 Å². The second-order valence-electron chi connectivity index (χ2n) is 5.92. The highest BCUT2D eigenvalue weighted by atomic mass is 32.2. The number of carbonyl (C=O) groups is 1. The van der Waals surface area contributed by atoms with Gasteiger partial charge in [0.05, 0.1) is 11.9 Å². The van der Waals surface area contributed by atoms with Crippen LogP contribution in [0.4, 0.5) is 5.69 Å². The van der Waals surface area contributed by atoms with Crippen LogP contribution < -0.4 is 9.62 Å². The van der Waals surface area contributed by atoms with Gasteiger partial charge in [-0.3, -0.25) is 14.1 Å². The Morgan fingerprint density at radius 1 is 1.29 bits per heavy atom. The van der Waals surface area contributed by atoms with Gasteiger partial charge in [0.15, 0.2) is 0 Å². The molecule has 1 aromatic heterocycles. The second kappa shape index (κ2) is 6.24. The molecule has 2 aromatic rings. The topological polar surface area (TPSA) is 79.4 Å². The highest BCUT2D eigenvalue weighted by Crippen LogP contribution is 2.30. The molecule has 1 aliphatic heterocycles. The molecular formula is C17H19N3O3S. The smallest absolute Gasteiger partial charge is 0.251 e. The summed E-state index contributed by atoms with van der Waals surface area (Å²) in [4.78, 5) is 16.5. The fraction of sp³-hybridized carbons (Fsp3) is 0.294. The van der Waals surface area contributed by atoms with Crippen LogP contribution in [-0.2, 0) is 23.0 Å². The molecular weight excluding hydrogens is 326 g/mol. The van der Waals surface area contributed by atoms with Crippen molar-refractivity contribution in [1.82, 2.24) is 10.3 Å². The first-order valence-electron chi connectivity index (χ1n) is 7.65. The number of pyridine rings is 1. The number of fused-ring (bicyclic) bond motifs is 1. The van der Waals surface area contributed by atoms with E-state index in [-0.39, 0.29) is 5.91 Å². The molecule has 126 valence electrons. The summed E-state index contributed by atoms with van der Waals surface area (Å²) in [5.74, 6) is -0.184. The van der Waals surface area contributed by atoms with Crippen molar-refractivity contribution in [3.05, 3.63) is 58.9 Å². The molecule has 24 heavy (non-hydrogen) atoms. The summed E-state index contributed by atoms with van der Waals surface area (Å²) in [6.07, 6.45) is 3.55. The number of amides is 1. The number of aryl methyl sites for hydroxylation is 1. The van der Waals surface area contributed by atoms with Gasteiger partial charge in [0.2, 0.25) is 10.0 Å². The van der Waals surface area contributed by atoms with Crippen molar-refractivity contribution >= 4 is 21.6 Å². The number of rotatable bonds is 4. The number of sulfonamides is 1.